The summed E-state index contributed by atoms with van der Waals surface area (Å²) >= 11 is 0. The second kappa shape index (κ2) is 6.38. The first-order valence-electron chi connectivity index (χ1n) is 5.73. The Kier molecular flexibility index (Phi) is 5.45. The average molecular weight is 201 g/mol. The van der Waals surface area contributed by atoms with Gasteiger partial charge in [-0.1, -0.05) is 19.8 Å². The van der Waals surface area contributed by atoms with Gasteiger partial charge in [0.05, 0.1) is 6.61 Å². The Hall–Kier alpha value is -0.120. The van der Waals surface area contributed by atoms with Crippen LogP contribution in [0.15, 0.2) is 0 Å². The van der Waals surface area contributed by atoms with Gasteiger partial charge in [0.15, 0.2) is 0 Å². The van der Waals surface area contributed by atoms with Gasteiger partial charge in [-0.05, 0) is 25.3 Å². The van der Waals surface area contributed by atoms with Crippen molar-refractivity contribution in [1.29, 1.82) is 0 Å². The molecule has 1 fully saturated rings. The molecule has 0 amide bonds. The van der Waals surface area contributed by atoms with E-state index < -0.39 is 0 Å². The van der Waals surface area contributed by atoms with Crippen LogP contribution in [0, 0.1) is 5.92 Å². The van der Waals surface area contributed by atoms with E-state index in [0.29, 0.717) is 12.0 Å². The third-order valence-corrected chi connectivity index (χ3v) is 3.07. The summed E-state index contributed by atoms with van der Waals surface area (Å²) in [6, 6.07) is 0.325. The number of hydrogen-bond acceptors (Lipinski definition) is 3. The van der Waals surface area contributed by atoms with Gasteiger partial charge < -0.3 is 10.2 Å². The molecule has 1 aliphatic heterocycles. The van der Waals surface area contributed by atoms with Crippen LogP contribution >= 0.6 is 0 Å². The summed E-state index contributed by atoms with van der Waals surface area (Å²) in [5.41, 5.74) is 0. The maximum absolute atomic E-state index is 9.27. The van der Waals surface area contributed by atoms with Gasteiger partial charge in [-0.15, -0.1) is 0 Å². The Morgan fingerprint density at radius 2 is 2.07 bits per heavy atom. The highest BCUT2D eigenvalue weighted by molar-refractivity contribution is 4.75. The molecule has 3 nitrogen and oxygen atoms in total. The van der Waals surface area contributed by atoms with Crippen LogP contribution in [0.25, 0.3) is 0 Å². The lowest BCUT2D eigenvalue weighted by atomic mass is 10.1. The fourth-order valence-corrected chi connectivity index (χ4v) is 2.14. The van der Waals surface area contributed by atoms with Crippen LogP contribution in [0.5, 0.6) is 0 Å². The summed E-state index contributed by atoms with van der Waals surface area (Å²) in [4.78, 5) is 2.34. The maximum atomic E-state index is 9.27. The number of aliphatic hydroxyl groups excluding tert-OH is 2. The minimum atomic E-state index is 0.245. The van der Waals surface area contributed by atoms with E-state index in [9.17, 15) is 5.11 Å². The van der Waals surface area contributed by atoms with Gasteiger partial charge in [0.2, 0.25) is 0 Å². The lowest BCUT2D eigenvalue weighted by Gasteiger charge is -2.30. The third kappa shape index (κ3) is 3.56. The van der Waals surface area contributed by atoms with Crippen LogP contribution in [0.3, 0.4) is 0 Å². The molecule has 1 saturated heterocycles. The molecule has 0 spiro atoms. The minimum absolute atomic E-state index is 0.245. The second-order valence-electron chi connectivity index (χ2n) is 4.47. The van der Waals surface area contributed by atoms with Gasteiger partial charge in [-0.25, -0.2) is 0 Å². The maximum Gasteiger partial charge on any atom is 0.0586 e. The molecule has 0 radical (unpaired) electrons. The Morgan fingerprint density at radius 1 is 1.29 bits per heavy atom. The van der Waals surface area contributed by atoms with Gasteiger partial charge >= 0.3 is 0 Å². The van der Waals surface area contributed by atoms with E-state index in [-0.39, 0.29) is 13.2 Å². The first-order chi connectivity index (χ1) is 6.77. The molecule has 3 heteroatoms. The fraction of sp³-hybridized carbons (Fsp3) is 1.00. The van der Waals surface area contributed by atoms with E-state index >= 15 is 0 Å². The molecule has 1 aliphatic rings. The molecule has 2 atom stereocenters. The predicted molar refractivity (Wildman–Crippen MR) is 57.2 cm³/mol. The molecule has 1 heterocycles. The van der Waals surface area contributed by atoms with Crippen molar-refractivity contribution in [2.45, 2.75) is 38.6 Å². The zero-order chi connectivity index (χ0) is 10.4. The fourth-order valence-electron chi connectivity index (χ4n) is 2.14. The number of aliphatic hydroxyl groups is 2. The Balaban J connectivity index is 2.43. The van der Waals surface area contributed by atoms with E-state index in [2.05, 4.69) is 11.8 Å². The van der Waals surface area contributed by atoms with Crippen molar-refractivity contribution < 1.29 is 10.2 Å². The van der Waals surface area contributed by atoms with Gasteiger partial charge in [0.1, 0.15) is 0 Å². The molecular formula is C11H23NO2. The summed E-state index contributed by atoms with van der Waals surface area (Å²) < 4.78 is 0. The van der Waals surface area contributed by atoms with E-state index in [4.69, 9.17) is 5.11 Å². The predicted octanol–water partition coefficient (Wildman–Crippen LogP) is 0.852. The highest BCUT2D eigenvalue weighted by Gasteiger charge is 2.21. The van der Waals surface area contributed by atoms with E-state index in [1.165, 1.54) is 19.3 Å². The molecule has 2 unspecified atom stereocenters. The largest absolute Gasteiger partial charge is 0.396 e. The van der Waals surface area contributed by atoms with E-state index in [1.807, 2.05) is 0 Å². The molecule has 1 rings (SSSR count). The standard InChI is InChI=1S/C11H23NO2/c1-10(8-13)7-12-6-4-2-3-5-11(12)9-14/h10-11,13-14H,2-9H2,1H3. The Labute approximate surface area is 86.7 Å². The monoisotopic (exact) mass is 201 g/mol. The van der Waals surface area contributed by atoms with Crippen LogP contribution in [0.4, 0.5) is 0 Å². The van der Waals surface area contributed by atoms with Crippen LogP contribution in [0.1, 0.15) is 32.6 Å². The topological polar surface area (TPSA) is 43.7 Å². The normalized spacial score (nSPS) is 27.2. The number of likely N-dealkylation sites (tertiary alicyclic amines) is 1. The van der Waals surface area contributed by atoms with E-state index in [1.54, 1.807) is 0 Å². The molecule has 2 N–H and O–H groups in total. The second-order valence-corrected chi connectivity index (χ2v) is 4.47. The van der Waals surface area contributed by atoms with Gasteiger partial charge in [-0.2, -0.15) is 0 Å². The highest BCUT2D eigenvalue weighted by Crippen LogP contribution is 2.17. The van der Waals surface area contributed by atoms with Crippen LogP contribution in [0.2, 0.25) is 0 Å². The smallest absolute Gasteiger partial charge is 0.0586 e. The van der Waals surface area contributed by atoms with Crippen LogP contribution in [-0.2, 0) is 0 Å². The van der Waals surface area contributed by atoms with Crippen molar-refractivity contribution in [3.8, 4) is 0 Å². The van der Waals surface area contributed by atoms with Gasteiger partial charge in [0.25, 0.3) is 0 Å². The number of nitrogens with zero attached hydrogens (tertiary/aromatic N) is 1. The number of rotatable bonds is 4. The summed E-state index contributed by atoms with van der Waals surface area (Å²) in [7, 11) is 0. The lowest BCUT2D eigenvalue weighted by molar-refractivity contribution is 0.0959. The van der Waals surface area contributed by atoms with Crippen molar-refractivity contribution >= 4 is 0 Å². The van der Waals surface area contributed by atoms with Gasteiger partial charge in [-0.3, -0.25) is 4.90 Å². The van der Waals surface area contributed by atoms with Crippen LogP contribution < -0.4 is 0 Å². The van der Waals surface area contributed by atoms with E-state index in [0.717, 1.165) is 19.5 Å². The van der Waals surface area contributed by atoms with Crippen LogP contribution in [-0.4, -0.2) is 47.5 Å². The van der Waals surface area contributed by atoms with Crippen molar-refractivity contribution in [2.75, 3.05) is 26.3 Å². The van der Waals surface area contributed by atoms with Crippen molar-refractivity contribution in [1.82, 2.24) is 4.90 Å². The molecule has 0 aromatic heterocycles. The first-order valence-corrected chi connectivity index (χ1v) is 5.73. The molecule has 0 aliphatic carbocycles. The van der Waals surface area contributed by atoms with Crippen molar-refractivity contribution in [3.05, 3.63) is 0 Å². The molecule has 84 valence electrons. The van der Waals surface area contributed by atoms with Crippen molar-refractivity contribution in [2.24, 2.45) is 5.92 Å². The molecular weight excluding hydrogens is 178 g/mol. The molecule has 0 bridgehead atoms. The molecule has 0 aromatic carbocycles. The molecule has 14 heavy (non-hydrogen) atoms. The Bertz CT molecular complexity index is 152. The van der Waals surface area contributed by atoms with Gasteiger partial charge in [0, 0.05) is 19.2 Å². The molecule has 0 saturated carbocycles. The summed E-state index contributed by atoms with van der Waals surface area (Å²) in [5.74, 6) is 0.321. The Morgan fingerprint density at radius 3 is 2.71 bits per heavy atom. The third-order valence-electron chi connectivity index (χ3n) is 3.07. The number of hydrogen-bond donors (Lipinski definition) is 2. The van der Waals surface area contributed by atoms with Crippen molar-refractivity contribution in [3.63, 3.8) is 0 Å². The zero-order valence-electron chi connectivity index (χ0n) is 9.15. The average Bonchev–Trinajstić information content (AvgIpc) is 2.42. The summed E-state index contributed by atoms with van der Waals surface area (Å²) in [6.45, 7) is 4.56. The highest BCUT2D eigenvalue weighted by atomic mass is 16.3. The SMILES string of the molecule is CC(CO)CN1CCCCCC1CO. The lowest BCUT2D eigenvalue weighted by Crippen LogP contribution is -2.40. The zero-order valence-corrected chi connectivity index (χ0v) is 9.15. The quantitative estimate of drug-likeness (QED) is 0.709. The summed E-state index contributed by atoms with van der Waals surface area (Å²) in [5, 5.41) is 18.3. The minimum Gasteiger partial charge on any atom is -0.396 e. The molecule has 0 aromatic rings. The first kappa shape index (κ1) is 12.0. The summed E-state index contributed by atoms with van der Waals surface area (Å²) in [6.07, 6.45) is 4.85.